The molecule has 0 aliphatic carbocycles. The molecule has 0 saturated heterocycles. The smallest absolute Gasteiger partial charge is 0.306 e. The van der Waals surface area contributed by atoms with E-state index in [1.807, 2.05) is 0 Å². The summed E-state index contributed by atoms with van der Waals surface area (Å²) < 4.78 is 17.2. The molecule has 0 aliphatic heterocycles. The van der Waals surface area contributed by atoms with Crippen molar-refractivity contribution in [3.05, 3.63) is 48.6 Å². The summed E-state index contributed by atoms with van der Waals surface area (Å²) in [6.45, 7) is 4.63. The highest BCUT2D eigenvalue weighted by Crippen LogP contribution is 2.16. The molecule has 0 amide bonds. The van der Waals surface area contributed by atoms with Gasteiger partial charge in [-0.2, -0.15) is 0 Å². The van der Waals surface area contributed by atoms with Gasteiger partial charge in [0, 0.05) is 19.3 Å². The number of carboxylic acid groups (broad SMARTS) is 1. The minimum absolute atomic E-state index is 0.0322. The van der Waals surface area contributed by atoms with Crippen LogP contribution >= 0.6 is 0 Å². The minimum Gasteiger partial charge on any atom is -0.544 e. The Kier molecular flexibility index (Phi) is 43.9. The molecular formula is C55H99NO7. The third-order valence-electron chi connectivity index (χ3n) is 11.8. The van der Waals surface area contributed by atoms with E-state index in [9.17, 15) is 19.5 Å². The molecule has 0 radical (unpaired) electrons. The number of hydrogen-bond acceptors (Lipinski definition) is 7. The molecule has 8 nitrogen and oxygen atoms in total. The van der Waals surface area contributed by atoms with Crippen molar-refractivity contribution in [3.8, 4) is 0 Å². The van der Waals surface area contributed by atoms with Crippen LogP contribution in [0.25, 0.3) is 0 Å². The summed E-state index contributed by atoms with van der Waals surface area (Å²) >= 11 is 0. The van der Waals surface area contributed by atoms with Gasteiger partial charge in [-0.1, -0.05) is 223 Å². The Labute approximate surface area is 388 Å². The Balaban J connectivity index is 4.25. The number of aliphatic carboxylic acids is 1. The van der Waals surface area contributed by atoms with Crippen LogP contribution in [0.2, 0.25) is 0 Å². The summed E-state index contributed by atoms with van der Waals surface area (Å²) in [7, 11) is 5.41. The second-order valence-corrected chi connectivity index (χ2v) is 18.9. The van der Waals surface area contributed by atoms with Gasteiger partial charge >= 0.3 is 11.9 Å². The lowest BCUT2D eigenvalue weighted by molar-refractivity contribution is -0.889. The Morgan fingerprint density at radius 2 is 0.841 bits per heavy atom. The second-order valence-electron chi connectivity index (χ2n) is 18.9. The average Bonchev–Trinajstić information content (AvgIpc) is 3.24. The van der Waals surface area contributed by atoms with Gasteiger partial charge in [0.1, 0.15) is 12.6 Å². The number of carboxylic acids is 1. The van der Waals surface area contributed by atoms with Crippen molar-refractivity contribution in [2.24, 2.45) is 0 Å². The summed E-state index contributed by atoms with van der Waals surface area (Å²) in [4.78, 5) is 37.0. The molecule has 0 fully saturated rings. The standard InChI is InChI=1S/C55H99NO7/c1-6-8-10-12-14-16-18-20-22-24-26-27-28-30-31-33-35-37-39-41-43-45-53(57)62-50-51(49-61-48-47-52(55(59)60)56(3,4)5)63-54(58)46-44-42-40-38-36-34-32-29-25-23-21-19-17-15-13-11-9-7-2/h15,17,19,21,23,25,29,32,51-52H,6-14,16,18,20,22,24,26-28,30-31,33-50H2,1-5H3/b17-15+,21-19+,25-23+,32-29+. The fourth-order valence-electron chi connectivity index (χ4n) is 7.73. The first-order chi connectivity index (χ1) is 30.6. The van der Waals surface area contributed by atoms with Crippen LogP contribution in [0.4, 0.5) is 0 Å². The third-order valence-corrected chi connectivity index (χ3v) is 11.8. The van der Waals surface area contributed by atoms with Crippen LogP contribution in [-0.2, 0) is 28.6 Å². The topological polar surface area (TPSA) is 102 Å². The number of unbranched alkanes of at least 4 members (excludes halogenated alkanes) is 28. The van der Waals surface area contributed by atoms with Crippen molar-refractivity contribution < 1.29 is 38.2 Å². The van der Waals surface area contributed by atoms with Gasteiger partial charge in [0.15, 0.2) is 6.10 Å². The Bertz CT molecular complexity index is 1170. The first-order valence-corrected chi connectivity index (χ1v) is 26.2. The van der Waals surface area contributed by atoms with Gasteiger partial charge in [-0.25, -0.2) is 0 Å². The number of quaternary nitrogens is 1. The molecule has 0 aromatic rings. The lowest BCUT2D eigenvalue weighted by Gasteiger charge is -2.34. The molecule has 63 heavy (non-hydrogen) atoms. The van der Waals surface area contributed by atoms with E-state index in [4.69, 9.17) is 14.2 Å². The second kappa shape index (κ2) is 45.8. The first kappa shape index (κ1) is 60.3. The van der Waals surface area contributed by atoms with Gasteiger partial charge in [-0.05, 0) is 38.5 Å². The van der Waals surface area contributed by atoms with Gasteiger partial charge in [0.05, 0.1) is 40.3 Å². The molecular weight excluding hydrogens is 787 g/mol. The number of ether oxygens (including phenoxy) is 3. The van der Waals surface area contributed by atoms with Crippen molar-refractivity contribution in [2.75, 3.05) is 41.0 Å². The number of nitrogens with zero attached hydrogens (tertiary/aromatic N) is 1. The van der Waals surface area contributed by atoms with E-state index in [2.05, 4.69) is 62.5 Å². The maximum Gasteiger partial charge on any atom is 0.306 e. The molecule has 0 spiro atoms. The van der Waals surface area contributed by atoms with Gasteiger partial charge in [0.2, 0.25) is 0 Å². The van der Waals surface area contributed by atoms with Crippen LogP contribution in [0, 0.1) is 0 Å². The predicted molar refractivity (Wildman–Crippen MR) is 263 cm³/mol. The maximum atomic E-state index is 12.8. The number of allylic oxidation sites excluding steroid dienone is 8. The summed E-state index contributed by atoms with van der Waals surface area (Å²) in [5.74, 6) is -1.75. The molecule has 0 aromatic heterocycles. The molecule has 0 heterocycles. The molecule has 0 aliphatic rings. The van der Waals surface area contributed by atoms with Gasteiger partial charge in [0.25, 0.3) is 0 Å². The van der Waals surface area contributed by atoms with Gasteiger partial charge in [-0.3, -0.25) is 9.59 Å². The molecule has 0 aromatic carbocycles. The highest BCUT2D eigenvalue weighted by molar-refractivity contribution is 5.70. The third kappa shape index (κ3) is 44.3. The SMILES string of the molecule is CCCCC/C=C/C=C/C=C/C=C/CCCCCCCC(=O)OC(COCCC(C(=O)[O-])[N+](C)(C)C)COC(=O)CCCCCCCCCCCCCCCCCCCCCCC. The summed E-state index contributed by atoms with van der Waals surface area (Å²) in [6, 6.07) is -0.731. The zero-order valence-electron chi connectivity index (χ0n) is 41.7. The quantitative estimate of drug-likeness (QED) is 0.0259. The Morgan fingerprint density at radius 1 is 0.476 bits per heavy atom. The summed E-state index contributed by atoms with van der Waals surface area (Å²) in [5, 5.41) is 11.7. The van der Waals surface area contributed by atoms with Gasteiger partial charge < -0.3 is 28.6 Å². The molecule has 2 atom stereocenters. The number of esters is 2. The molecule has 0 N–H and O–H groups in total. The lowest BCUT2D eigenvalue weighted by Crippen LogP contribution is -2.55. The molecule has 2 unspecified atom stereocenters. The maximum absolute atomic E-state index is 12.8. The molecule has 0 bridgehead atoms. The first-order valence-electron chi connectivity index (χ1n) is 26.2. The molecule has 8 heteroatoms. The highest BCUT2D eigenvalue weighted by Gasteiger charge is 2.25. The predicted octanol–water partition coefficient (Wildman–Crippen LogP) is 13.8. The zero-order chi connectivity index (χ0) is 46.3. The van der Waals surface area contributed by atoms with Crippen LogP contribution < -0.4 is 5.11 Å². The van der Waals surface area contributed by atoms with Crippen molar-refractivity contribution in [1.29, 1.82) is 0 Å². The highest BCUT2D eigenvalue weighted by atomic mass is 16.6. The van der Waals surface area contributed by atoms with Gasteiger partial charge in [-0.15, -0.1) is 0 Å². The van der Waals surface area contributed by atoms with Crippen LogP contribution in [0.15, 0.2) is 48.6 Å². The minimum atomic E-state index is -1.13. The summed E-state index contributed by atoms with van der Waals surface area (Å²) in [5.41, 5.74) is 0. The number of rotatable bonds is 47. The van der Waals surface area contributed by atoms with E-state index in [1.54, 1.807) is 21.1 Å². The number of carbonyl (C=O) groups is 3. The fourth-order valence-corrected chi connectivity index (χ4v) is 7.73. The van der Waals surface area contributed by atoms with Crippen molar-refractivity contribution >= 4 is 17.9 Å². The monoisotopic (exact) mass is 886 g/mol. The van der Waals surface area contributed by atoms with E-state index >= 15 is 0 Å². The molecule has 366 valence electrons. The van der Waals surface area contributed by atoms with Crippen molar-refractivity contribution in [1.82, 2.24) is 0 Å². The van der Waals surface area contributed by atoms with Crippen LogP contribution in [0.1, 0.15) is 232 Å². The molecule has 0 saturated carbocycles. The van der Waals surface area contributed by atoms with Crippen LogP contribution in [0.5, 0.6) is 0 Å². The Hall–Kier alpha value is -2.71. The average molecular weight is 886 g/mol. The van der Waals surface area contributed by atoms with Crippen molar-refractivity contribution in [3.63, 3.8) is 0 Å². The zero-order valence-corrected chi connectivity index (χ0v) is 41.7. The molecule has 0 rings (SSSR count). The normalized spacial score (nSPS) is 13.2. The number of hydrogen-bond donors (Lipinski definition) is 0. The van der Waals surface area contributed by atoms with Crippen molar-refractivity contribution in [2.45, 2.75) is 244 Å². The Morgan fingerprint density at radius 3 is 1.27 bits per heavy atom. The van der Waals surface area contributed by atoms with Crippen LogP contribution in [0.3, 0.4) is 0 Å². The van der Waals surface area contributed by atoms with E-state index in [1.165, 1.54) is 135 Å². The van der Waals surface area contributed by atoms with Crippen LogP contribution in [-0.4, -0.2) is 75.5 Å². The van der Waals surface area contributed by atoms with E-state index in [0.717, 1.165) is 64.2 Å². The van der Waals surface area contributed by atoms with E-state index < -0.39 is 18.1 Å². The number of likely N-dealkylation sites (N-methyl/N-ethyl adjacent to an activating group) is 1. The fraction of sp³-hybridized carbons (Fsp3) is 0.800. The van der Waals surface area contributed by atoms with E-state index in [-0.39, 0.29) is 42.7 Å². The largest absolute Gasteiger partial charge is 0.544 e. The summed E-state index contributed by atoms with van der Waals surface area (Å²) in [6.07, 6.45) is 55.7. The number of carbonyl (C=O) groups excluding carboxylic acids is 3. The van der Waals surface area contributed by atoms with E-state index in [0.29, 0.717) is 12.8 Å². The lowest BCUT2D eigenvalue weighted by atomic mass is 10.0.